The van der Waals surface area contributed by atoms with Crippen LogP contribution in [-0.2, 0) is 29.1 Å². The van der Waals surface area contributed by atoms with E-state index in [2.05, 4.69) is 0 Å². The second kappa shape index (κ2) is 10.7. The van der Waals surface area contributed by atoms with Gasteiger partial charge in [-0.05, 0) is 61.4 Å². The number of rotatable bonds is 9. The Kier molecular flexibility index (Phi) is 7.94. The SMILES string of the molecule is O=C(O)C(=O)CN(C1CCOC(C(=O)NO)C1)S(=O)(=O)c1ccc(Oc2ccc(F)cc2)cc1. The third-order valence-electron chi connectivity index (χ3n) is 5.08. The molecular weight excluding hydrogens is 475 g/mol. The molecule has 1 aliphatic rings. The number of carboxylic acids is 1. The predicted octanol–water partition coefficient (Wildman–Crippen LogP) is 1.32. The van der Waals surface area contributed by atoms with Crippen LogP contribution < -0.4 is 10.2 Å². The van der Waals surface area contributed by atoms with Crippen molar-refractivity contribution in [3.63, 3.8) is 0 Å². The molecule has 11 nitrogen and oxygen atoms in total. The smallest absolute Gasteiger partial charge is 0.373 e. The zero-order valence-electron chi connectivity index (χ0n) is 17.6. The Balaban J connectivity index is 1.86. The van der Waals surface area contributed by atoms with E-state index in [0.717, 1.165) is 4.31 Å². The first-order chi connectivity index (χ1) is 16.1. The number of hydrogen-bond donors (Lipinski definition) is 3. The van der Waals surface area contributed by atoms with Crippen molar-refractivity contribution in [2.45, 2.75) is 29.9 Å². The summed E-state index contributed by atoms with van der Waals surface area (Å²) in [4.78, 5) is 34.5. The van der Waals surface area contributed by atoms with Crippen molar-refractivity contribution in [1.82, 2.24) is 9.79 Å². The van der Waals surface area contributed by atoms with Crippen LogP contribution in [0.25, 0.3) is 0 Å². The first-order valence-corrected chi connectivity index (χ1v) is 11.4. The van der Waals surface area contributed by atoms with E-state index in [9.17, 15) is 27.2 Å². The van der Waals surface area contributed by atoms with Crippen LogP contribution in [0, 0.1) is 5.82 Å². The van der Waals surface area contributed by atoms with Gasteiger partial charge in [-0.1, -0.05) is 0 Å². The summed E-state index contributed by atoms with van der Waals surface area (Å²) in [5.41, 5.74) is 1.43. The molecule has 1 heterocycles. The lowest BCUT2D eigenvalue weighted by Crippen LogP contribution is -2.51. The number of sulfonamides is 1. The van der Waals surface area contributed by atoms with Gasteiger partial charge in [-0.15, -0.1) is 0 Å². The zero-order valence-corrected chi connectivity index (χ0v) is 18.4. The van der Waals surface area contributed by atoms with Gasteiger partial charge in [0, 0.05) is 12.6 Å². The summed E-state index contributed by atoms with van der Waals surface area (Å²) < 4.78 is 51.2. The molecule has 0 spiro atoms. The maximum atomic E-state index is 13.4. The van der Waals surface area contributed by atoms with Crippen LogP contribution in [-0.4, -0.2) is 66.0 Å². The van der Waals surface area contributed by atoms with Gasteiger partial charge in [-0.2, -0.15) is 4.31 Å². The minimum atomic E-state index is -4.39. The highest BCUT2D eigenvalue weighted by molar-refractivity contribution is 7.89. The number of carbonyl (C=O) groups excluding carboxylic acids is 2. The van der Waals surface area contributed by atoms with Crippen molar-refractivity contribution >= 4 is 27.7 Å². The molecule has 0 radical (unpaired) electrons. The summed E-state index contributed by atoms with van der Waals surface area (Å²) in [6.45, 7) is -1.01. The van der Waals surface area contributed by atoms with Crippen LogP contribution in [0.2, 0.25) is 0 Å². The molecule has 1 saturated heterocycles. The molecule has 2 unspecified atom stereocenters. The minimum Gasteiger partial charge on any atom is -0.475 e. The number of halogens is 1. The lowest BCUT2D eigenvalue weighted by Gasteiger charge is -2.35. The fourth-order valence-corrected chi connectivity index (χ4v) is 4.99. The maximum absolute atomic E-state index is 13.4. The van der Waals surface area contributed by atoms with E-state index in [0.29, 0.717) is 5.75 Å². The predicted molar refractivity (Wildman–Crippen MR) is 112 cm³/mol. The van der Waals surface area contributed by atoms with Crippen molar-refractivity contribution in [1.29, 1.82) is 0 Å². The number of amides is 1. The van der Waals surface area contributed by atoms with Crippen LogP contribution >= 0.6 is 0 Å². The Morgan fingerprint density at radius 2 is 1.68 bits per heavy atom. The number of aliphatic carboxylic acids is 1. The van der Waals surface area contributed by atoms with Gasteiger partial charge in [-0.25, -0.2) is 23.1 Å². The quantitative estimate of drug-likeness (QED) is 0.264. The van der Waals surface area contributed by atoms with Gasteiger partial charge in [0.05, 0.1) is 11.4 Å². The zero-order chi connectivity index (χ0) is 24.9. The number of nitrogens with one attached hydrogen (secondary N) is 1. The summed E-state index contributed by atoms with van der Waals surface area (Å²) >= 11 is 0. The summed E-state index contributed by atoms with van der Waals surface area (Å²) in [5, 5.41) is 17.8. The van der Waals surface area contributed by atoms with Crippen LogP contribution in [0.5, 0.6) is 11.5 Å². The molecule has 0 aromatic heterocycles. The Labute approximate surface area is 193 Å². The highest BCUT2D eigenvalue weighted by Crippen LogP contribution is 2.28. The van der Waals surface area contributed by atoms with Gasteiger partial charge in [0.25, 0.3) is 11.7 Å². The molecule has 0 bridgehead atoms. The summed E-state index contributed by atoms with van der Waals surface area (Å²) in [7, 11) is -4.39. The number of carboxylic acid groups (broad SMARTS) is 1. The Morgan fingerprint density at radius 3 is 2.24 bits per heavy atom. The molecule has 1 amide bonds. The second-order valence-corrected chi connectivity index (χ2v) is 9.21. The van der Waals surface area contributed by atoms with E-state index < -0.39 is 52.2 Å². The molecule has 34 heavy (non-hydrogen) atoms. The van der Waals surface area contributed by atoms with Gasteiger partial charge < -0.3 is 14.6 Å². The molecule has 3 rings (SSSR count). The van der Waals surface area contributed by atoms with Crippen LogP contribution in [0.15, 0.2) is 53.4 Å². The van der Waals surface area contributed by atoms with Gasteiger partial charge in [0.1, 0.15) is 23.4 Å². The number of Topliss-reactive ketones (excluding diaryl/α,β-unsaturated/α-hetero) is 1. The molecule has 0 saturated carbocycles. The van der Waals surface area contributed by atoms with Gasteiger partial charge in [-0.3, -0.25) is 14.8 Å². The Morgan fingerprint density at radius 1 is 1.09 bits per heavy atom. The molecule has 2 atom stereocenters. The monoisotopic (exact) mass is 496 g/mol. The number of ether oxygens (including phenoxy) is 2. The van der Waals surface area contributed by atoms with Crippen molar-refractivity contribution in [3.05, 3.63) is 54.3 Å². The summed E-state index contributed by atoms with van der Waals surface area (Å²) in [6.07, 6.45) is -1.30. The number of benzene rings is 2. The lowest BCUT2D eigenvalue weighted by molar-refractivity contribution is -0.150. The van der Waals surface area contributed by atoms with Crippen LogP contribution in [0.1, 0.15) is 12.8 Å². The van der Waals surface area contributed by atoms with Crippen molar-refractivity contribution in [2.75, 3.05) is 13.2 Å². The molecule has 1 fully saturated rings. The minimum absolute atomic E-state index is 0.0551. The summed E-state index contributed by atoms with van der Waals surface area (Å²) in [5.74, 6) is -3.93. The Bertz CT molecular complexity index is 1150. The molecular formula is C21H21FN2O9S. The molecule has 13 heteroatoms. The maximum Gasteiger partial charge on any atom is 0.373 e. The third kappa shape index (κ3) is 5.94. The van der Waals surface area contributed by atoms with E-state index in [4.69, 9.17) is 19.8 Å². The van der Waals surface area contributed by atoms with Gasteiger partial charge in [0.2, 0.25) is 10.0 Å². The molecule has 2 aromatic rings. The third-order valence-corrected chi connectivity index (χ3v) is 7.00. The van der Waals surface area contributed by atoms with Gasteiger partial charge in [0.15, 0.2) is 0 Å². The average Bonchev–Trinajstić information content (AvgIpc) is 2.83. The van der Waals surface area contributed by atoms with Crippen LogP contribution in [0.4, 0.5) is 4.39 Å². The van der Waals surface area contributed by atoms with Crippen molar-refractivity contribution in [3.8, 4) is 11.5 Å². The van der Waals surface area contributed by atoms with E-state index in [-0.39, 0.29) is 30.1 Å². The highest BCUT2D eigenvalue weighted by atomic mass is 32.2. The summed E-state index contributed by atoms with van der Waals surface area (Å²) in [6, 6.07) is 9.35. The molecule has 1 aliphatic heterocycles. The fourth-order valence-electron chi connectivity index (χ4n) is 3.37. The fraction of sp³-hybridized carbons (Fsp3) is 0.286. The molecule has 2 aromatic carbocycles. The number of carbonyl (C=O) groups is 3. The number of hydrogen-bond acceptors (Lipinski definition) is 8. The number of nitrogens with zero attached hydrogens (tertiary/aromatic N) is 1. The second-order valence-electron chi connectivity index (χ2n) is 7.32. The van der Waals surface area contributed by atoms with Crippen molar-refractivity contribution in [2.24, 2.45) is 0 Å². The lowest BCUT2D eigenvalue weighted by atomic mass is 10.0. The molecule has 0 aliphatic carbocycles. The van der Waals surface area contributed by atoms with E-state index in [1.165, 1.54) is 54.0 Å². The highest BCUT2D eigenvalue weighted by Gasteiger charge is 2.39. The topological polar surface area (TPSA) is 160 Å². The van der Waals surface area contributed by atoms with E-state index in [1.54, 1.807) is 0 Å². The van der Waals surface area contributed by atoms with Gasteiger partial charge >= 0.3 is 5.97 Å². The van der Waals surface area contributed by atoms with E-state index in [1.807, 2.05) is 0 Å². The Hall–Kier alpha value is -3.39. The standard InChI is InChI=1S/C21H21FN2O9S/c22-13-1-3-15(4-2-13)33-16-5-7-17(8-6-16)34(30,31)24(12-18(25)21(27)28)14-9-10-32-19(11-14)20(26)23-29/h1-8,14,19,29H,9-12H2,(H,23,26)(H,27,28). The normalized spacial score (nSPS) is 18.3. The number of hydroxylamine groups is 1. The van der Waals surface area contributed by atoms with Crippen molar-refractivity contribution < 1.29 is 47.0 Å². The first kappa shape index (κ1) is 25.2. The average molecular weight is 496 g/mol. The molecule has 3 N–H and O–H groups in total. The first-order valence-electron chi connectivity index (χ1n) is 9.99. The van der Waals surface area contributed by atoms with Crippen LogP contribution in [0.3, 0.4) is 0 Å². The largest absolute Gasteiger partial charge is 0.475 e. The molecule has 182 valence electrons. The van der Waals surface area contributed by atoms with E-state index >= 15 is 0 Å². The number of ketones is 1.